The fourth-order valence-corrected chi connectivity index (χ4v) is 5.63. The number of amides is 3. The molecule has 1 heterocycles. The van der Waals surface area contributed by atoms with Crippen LogP contribution in [0.4, 0.5) is 5.69 Å². The highest BCUT2D eigenvalue weighted by Gasteiger charge is 2.28. The van der Waals surface area contributed by atoms with E-state index in [1.165, 1.54) is 0 Å². The Morgan fingerprint density at radius 1 is 1.12 bits per heavy atom. The van der Waals surface area contributed by atoms with Crippen molar-refractivity contribution < 1.29 is 32.5 Å². The number of nitrogens with one attached hydrogen (secondary N) is 2. The van der Waals surface area contributed by atoms with Crippen LogP contribution >= 0.6 is 11.8 Å². The van der Waals surface area contributed by atoms with Gasteiger partial charge in [0.2, 0.25) is 11.8 Å². The molecule has 4 N–H and O–H groups in total. The van der Waals surface area contributed by atoms with Crippen molar-refractivity contribution in [1.29, 1.82) is 0 Å². The summed E-state index contributed by atoms with van der Waals surface area (Å²) in [7, 11) is -4.09. The molecule has 0 saturated carbocycles. The number of anilines is 1. The van der Waals surface area contributed by atoms with Crippen LogP contribution in [-0.4, -0.2) is 83.2 Å². The topological polar surface area (TPSA) is 153 Å². The summed E-state index contributed by atoms with van der Waals surface area (Å²) in [6.07, 6.45) is 5.25. The van der Waals surface area contributed by atoms with Crippen LogP contribution < -0.4 is 10.6 Å². The lowest BCUT2D eigenvalue weighted by molar-refractivity contribution is -0.128. The minimum absolute atomic E-state index is 0.0785. The van der Waals surface area contributed by atoms with E-state index in [9.17, 15) is 27.9 Å². The Kier molecular flexibility index (Phi) is 12.9. The van der Waals surface area contributed by atoms with E-state index in [4.69, 9.17) is 4.55 Å². The number of aliphatic hydroxyl groups is 1. The lowest BCUT2D eigenvalue weighted by Gasteiger charge is -2.22. The lowest BCUT2D eigenvalue weighted by atomic mass is 10.1. The third-order valence-corrected chi connectivity index (χ3v) is 8.22. The van der Waals surface area contributed by atoms with Gasteiger partial charge >= 0.3 is 0 Å². The molecule has 0 bridgehead atoms. The number of benzene rings is 2. The molecule has 1 fully saturated rings. The summed E-state index contributed by atoms with van der Waals surface area (Å²) >= 11 is 1.63. The lowest BCUT2D eigenvalue weighted by Crippen LogP contribution is -2.34. The maximum atomic E-state index is 12.4. The second-order valence-corrected chi connectivity index (χ2v) is 12.5. The second kappa shape index (κ2) is 16.3. The van der Waals surface area contributed by atoms with Gasteiger partial charge in [0.15, 0.2) is 0 Å². The minimum Gasteiger partial charge on any atom is -0.389 e. The average molecular weight is 604 g/mol. The molecule has 0 unspecified atom stereocenters. The van der Waals surface area contributed by atoms with Gasteiger partial charge in [0.25, 0.3) is 16.0 Å². The van der Waals surface area contributed by atoms with Crippen molar-refractivity contribution in [2.45, 2.75) is 44.2 Å². The predicted molar refractivity (Wildman–Crippen MR) is 160 cm³/mol. The van der Waals surface area contributed by atoms with E-state index in [0.717, 1.165) is 11.3 Å². The molecule has 12 heteroatoms. The molecule has 2 aromatic rings. The zero-order valence-corrected chi connectivity index (χ0v) is 24.4. The molecule has 222 valence electrons. The van der Waals surface area contributed by atoms with E-state index < -0.39 is 22.0 Å². The van der Waals surface area contributed by atoms with Gasteiger partial charge in [-0.1, -0.05) is 42.5 Å². The van der Waals surface area contributed by atoms with Crippen molar-refractivity contribution in [3.05, 3.63) is 77.9 Å². The van der Waals surface area contributed by atoms with Gasteiger partial charge in [-0.3, -0.25) is 18.9 Å². The Bertz CT molecular complexity index is 1300. The summed E-state index contributed by atoms with van der Waals surface area (Å²) in [4.78, 5) is 38.4. The quantitative estimate of drug-likeness (QED) is 0.130. The maximum absolute atomic E-state index is 12.4. The number of carbonyl (C=O) groups is 3. The highest BCUT2D eigenvalue weighted by Crippen LogP contribution is 2.21. The number of hydrogen-bond donors (Lipinski definition) is 4. The Hall–Kier alpha value is -3.19. The highest BCUT2D eigenvalue weighted by atomic mass is 32.2. The molecule has 3 rings (SSSR count). The zero-order valence-electron chi connectivity index (χ0n) is 22.8. The largest absolute Gasteiger partial charge is 0.389 e. The molecule has 41 heavy (non-hydrogen) atoms. The summed E-state index contributed by atoms with van der Waals surface area (Å²) in [6.45, 7) is 0.448. The standard InChI is InChI=1S/C29H37N3O7S2/c33-26(21-22-6-4-9-24(20-22)31-29(36)23-7-2-1-3-8-23)13-11-25-12-14-28(35)32(25)16-18-40-17-5-10-27(34)30-15-19-41(37,38)39/h1-4,6-9,11,13,20,25-26,33H,5,10,12,14-19,21H2,(H,30,34)(H,31,36)(H,37,38,39)/b13-11+/t25-,26+/m0/s1. The number of nitrogens with zero attached hydrogens (tertiary/aromatic N) is 1. The molecule has 1 saturated heterocycles. The molecule has 2 aromatic carbocycles. The van der Waals surface area contributed by atoms with E-state index >= 15 is 0 Å². The first kappa shape index (κ1) is 32.3. The maximum Gasteiger partial charge on any atom is 0.266 e. The first-order valence-corrected chi connectivity index (χ1v) is 16.3. The third kappa shape index (κ3) is 12.1. The number of likely N-dealkylation sites (tertiary alicyclic amines) is 1. The first-order chi connectivity index (χ1) is 19.6. The van der Waals surface area contributed by atoms with E-state index in [0.29, 0.717) is 49.2 Å². The monoisotopic (exact) mass is 603 g/mol. The molecular weight excluding hydrogens is 566 g/mol. The normalized spacial score (nSPS) is 16.2. The third-order valence-electron chi connectivity index (χ3n) is 6.45. The number of carbonyl (C=O) groups excluding carboxylic acids is 3. The van der Waals surface area contributed by atoms with Crippen molar-refractivity contribution in [2.24, 2.45) is 0 Å². The van der Waals surface area contributed by atoms with Crippen LogP contribution in [0.25, 0.3) is 0 Å². The van der Waals surface area contributed by atoms with Gasteiger partial charge in [0, 0.05) is 49.4 Å². The van der Waals surface area contributed by atoms with Crippen LogP contribution in [0.2, 0.25) is 0 Å². The molecule has 2 atom stereocenters. The average Bonchev–Trinajstić information content (AvgIpc) is 3.28. The molecular formula is C29H37N3O7S2. The van der Waals surface area contributed by atoms with E-state index in [1.807, 2.05) is 35.2 Å². The highest BCUT2D eigenvalue weighted by molar-refractivity contribution is 7.99. The van der Waals surface area contributed by atoms with Crippen LogP contribution in [0.5, 0.6) is 0 Å². The van der Waals surface area contributed by atoms with E-state index in [-0.39, 0.29) is 36.7 Å². The zero-order chi connectivity index (χ0) is 29.7. The molecule has 0 spiro atoms. The fraction of sp³-hybridized carbons (Fsp3) is 0.414. The Balaban J connectivity index is 1.38. The van der Waals surface area contributed by atoms with Crippen LogP contribution in [0, 0.1) is 0 Å². The molecule has 1 aliphatic rings. The first-order valence-electron chi connectivity index (χ1n) is 13.5. The second-order valence-electron chi connectivity index (χ2n) is 9.72. The Morgan fingerprint density at radius 3 is 2.66 bits per heavy atom. The van der Waals surface area contributed by atoms with Crippen molar-refractivity contribution in [3.63, 3.8) is 0 Å². The smallest absolute Gasteiger partial charge is 0.266 e. The van der Waals surface area contributed by atoms with Crippen molar-refractivity contribution in [3.8, 4) is 0 Å². The molecule has 0 aromatic heterocycles. The molecule has 3 amide bonds. The predicted octanol–water partition coefficient (Wildman–Crippen LogP) is 2.91. The molecule has 1 aliphatic heterocycles. The van der Waals surface area contributed by atoms with Gasteiger partial charge in [0.1, 0.15) is 0 Å². The summed E-state index contributed by atoms with van der Waals surface area (Å²) in [5, 5.41) is 16.0. The van der Waals surface area contributed by atoms with E-state index in [2.05, 4.69) is 10.6 Å². The number of thioether (sulfide) groups is 1. The van der Waals surface area contributed by atoms with Crippen molar-refractivity contribution in [1.82, 2.24) is 10.2 Å². The molecule has 0 aliphatic carbocycles. The van der Waals surface area contributed by atoms with Gasteiger partial charge in [-0.25, -0.2) is 0 Å². The van der Waals surface area contributed by atoms with Crippen LogP contribution in [0.3, 0.4) is 0 Å². The number of hydrogen-bond acceptors (Lipinski definition) is 7. The summed E-state index contributed by atoms with van der Waals surface area (Å²) in [5.74, 6) is 0.534. The number of aliphatic hydroxyl groups excluding tert-OH is 1. The fourth-order valence-electron chi connectivity index (χ4n) is 4.39. The van der Waals surface area contributed by atoms with Gasteiger partial charge in [-0.2, -0.15) is 20.2 Å². The van der Waals surface area contributed by atoms with E-state index in [1.54, 1.807) is 48.2 Å². The SMILES string of the molecule is O=C(CCCSCCN1C(=O)CC[C@@H]1/C=C/[C@@H](O)Cc1cccc(NC(=O)c2ccccc2)c1)NCCS(=O)(=O)O. The van der Waals surface area contributed by atoms with Crippen LogP contribution in [0.1, 0.15) is 41.6 Å². The Labute approximate surface area is 245 Å². The molecule has 0 radical (unpaired) electrons. The minimum atomic E-state index is -4.09. The van der Waals surface area contributed by atoms with Gasteiger partial charge in [-0.05, 0) is 48.4 Å². The van der Waals surface area contributed by atoms with Crippen LogP contribution in [-0.2, 0) is 26.1 Å². The molecule has 10 nitrogen and oxygen atoms in total. The summed E-state index contributed by atoms with van der Waals surface area (Å²) < 4.78 is 30.0. The van der Waals surface area contributed by atoms with Crippen molar-refractivity contribution >= 4 is 45.3 Å². The van der Waals surface area contributed by atoms with Gasteiger partial charge < -0.3 is 20.6 Å². The van der Waals surface area contributed by atoms with Gasteiger partial charge in [0.05, 0.1) is 17.9 Å². The Morgan fingerprint density at radius 2 is 1.90 bits per heavy atom. The summed E-state index contributed by atoms with van der Waals surface area (Å²) in [6, 6.07) is 16.2. The van der Waals surface area contributed by atoms with Crippen molar-refractivity contribution in [2.75, 3.05) is 35.7 Å². The number of rotatable bonds is 16. The van der Waals surface area contributed by atoms with Crippen LogP contribution in [0.15, 0.2) is 66.7 Å². The summed E-state index contributed by atoms with van der Waals surface area (Å²) in [5.41, 5.74) is 2.08. The van der Waals surface area contributed by atoms with Gasteiger partial charge in [-0.15, -0.1) is 0 Å².